The SMILES string of the molecule is CN(C)CCC(CCN(C)C)OP(=O)(O)O. The quantitative estimate of drug-likeness (QED) is 0.610. The summed E-state index contributed by atoms with van der Waals surface area (Å²) in [7, 11) is 3.29. The molecule has 0 aliphatic rings. The van der Waals surface area contributed by atoms with Crippen LogP contribution in [0.25, 0.3) is 0 Å². The summed E-state index contributed by atoms with van der Waals surface area (Å²) in [4.78, 5) is 21.5. The van der Waals surface area contributed by atoms with Crippen molar-refractivity contribution in [3.63, 3.8) is 0 Å². The first-order chi connectivity index (χ1) is 7.20. The van der Waals surface area contributed by atoms with Gasteiger partial charge in [-0.15, -0.1) is 0 Å². The Morgan fingerprint density at radius 1 is 1.06 bits per heavy atom. The minimum Gasteiger partial charge on any atom is -0.309 e. The minimum absolute atomic E-state index is 0.398. The molecule has 0 atom stereocenters. The molecule has 0 heterocycles. The molecule has 98 valence electrons. The van der Waals surface area contributed by atoms with Gasteiger partial charge in [-0.05, 0) is 41.0 Å². The van der Waals surface area contributed by atoms with Gasteiger partial charge in [0.15, 0.2) is 0 Å². The Morgan fingerprint density at radius 3 is 1.69 bits per heavy atom. The van der Waals surface area contributed by atoms with Crippen molar-refractivity contribution < 1.29 is 18.9 Å². The van der Waals surface area contributed by atoms with E-state index in [-0.39, 0.29) is 0 Å². The zero-order chi connectivity index (χ0) is 12.8. The van der Waals surface area contributed by atoms with Crippen molar-refractivity contribution in [1.82, 2.24) is 9.80 Å². The zero-order valence-electron chi connectivity index (χ0n) is 10.5. The Bertz CT molecular complexity index is 218. The van der Waals surface area contributed by atoms with Gasteiger partial charge in [0.05, 0.1) is 6.10 Å². The first-order valence-electron chi connectivity index (χ1n) is 5.24. The van der Waals surface area contributed by atoms with Crippen LogP contribution in [0, 0.1) is 0 Å². The highest BCUT2D eigenvalue weighted by Gasteiger charge is 2.22. The molecule has 16 heavy (non-hydrogen) atoms. The molecule has 0 aromatic heterocycles. The fourth-order valence-corrected chi connectivity index (χ4v) is 1.85. The molecule has 0 saturated heterocycles. The third-order valence-corrected chi connectivity index (χ3v) is 2.66. The fraction of sp³-hybridized carbons (Fsp3) is 1.00. The van der Waals surface area contributed by atoms with Gasteiger partial charge in [0.25, 0.3) is 0 Å². The van der Waals surface area contributed by atoms with Gasteiger partial charge < -0.3 is 19.6 Å². The second-order valence-electron chi connectivity index (χ2n) is 4.40. The molecule has 0 unspecified atom stereocenters. The molecule has 7 heteroatoms. The van der Waals surface area contributed by atoms with Crippen LogP contribution in [0.5, 0.6) is 0 Å². The molecule has 0 aromatic carbocycles. The van der Waals surface area contributed by atoms with Crippen molar-refractivity contribution in [2.24, 2.45) is 0 Å². The second-order valence-corrected chi connectivity index (χ2v) is 5.59. The predicted molar refractivity (Wildman–Crippen MR) is 63.3 cm³/mol. The summed E-state index contributed by atoms with van der Waals surface area (Å²) in [5.41, 5.74) is 0. The predicted octanol–water partition coefficient (Wildman–Crippen LogP) is 0.368. The molecular weight excluding hydrogens is 231 g/mol. The second kappa shape index (κ2) is 7.37. The molecule has 0 saturated carbocycles. The molecule has 6 nitrogen and oxygen atoms in total. The van der Waals surface area contributed by atoms with E-state index < -0.39 is 13.9 Å². The van der Waals surface area contributed by atoms with Crippen molar-refractivity contribution >= 4 is 7.82 Å². The number of phosphoric acid groups is 1. The summed E-state index contributed by atoms with van der Waals surface area (Å²) >= 11 is 0. The van der Waals surface area contributed by atoms with E-state index >= 15 is 0 Å². The summed E-state index contributed by atoms with van der Waals surface area (Å²) in [6.45, 7) is 1.50. The molecule has 0 bridgehead atoms. The van der Waals surface area contributed by atoms with Gasteiger partial charge in [0, 0.05) is 13.1 Å². The standard InChI is InChI=1S/C9H23N2O4P/c1-10(2)7-5-9(6-8-11(3)4)15-16(12,13)14/h9H,5-8H2,1-4H3,(H2,12,13,14). The summed E-state index contributed by atoms with van der Waals surface area (Å²) < 4.78 is 15.5. The summed E-state index contributed by atoms with van der Waals surface area (Å²) in [5.74, 6) is 0. The molecule has 0 spiro atoms. The summed E-state index contributed by atoms with van der Waals surface area (Å²) in [5, 5.41) is 0. The fourth-order valence-electron chi connectivity index (χ4n) is 1.25. The van der Waals surface area contributed by atoms with Crippen LogP contribution in [0.2, 0.25) is 0 Å². The zero-order valence-corrected chi connectivity index (χ0v) is 11.4. The van der Waals surface area contributed by atoms with Crippen molar-refractivity contribution in [3.8, 4) is 0 Å². The topological polar surface area (TPSA) is 73.2 Å². The van der Waals surface area contributed by atoms with Gasteiger partial charge in [-0.1, -0.05) is 0 Å². The lowest BCUT2D eigenvalue weighted by Gasteiger charge is -2.21. The van der Waals surface area contributed by atoms with Crippen LogP contribution < -0.4 is 0 Å². The van der Waals surface area contributed by atoms with E-state index in [4.69, 9.17) is 14.3 Å². The maximum Gasteiger partial charge on any atom is 0.469 e. The Morgan fingerprint density at radius 2 is 1.44 bits per heavy atom. The van der Waals surface area contributed by atoms with Gasteiger partial charge in [-0.2, -0.15) is 0 Å². The molecule has 0 rings (SSSR count). The Kier molecular flexibility index (Phi) is 7.39. The van der Waals surface area contributed by atoms with E-state index in [9.17, 15) is 4.57 Å². The van der Waals surface area contributed by atoms with Crippen LogP contribution in [0.1, 0.15) is 12.8 Å². The average molecular weight is 254 g/mol. The Balaban J connectivity index is 4.11. The first-order valence-corrected chi connectivity index (χ1v) is 6.77. The van der Waals surface area contributed by atoms with Crippen LogP contribution in [0.15, 0.2) is 0 Å². The lowest BCUT2D eigenvalue weighted by molar-refractivity contribution is 0.107. The van der Waals surface area contributed by atoms with E-state index in [1.807, 2.05) is 38.0 Å². The first kappa shape index (κ1) is 16.0. The lowest BCUT2D eigenvalue weighted by Crippen LogP contribution is -2.25. The van der Waals surface area contributed by atoms with Gasteiger partial charge in [0.1, 0.15) is 0 Å². The van der Waals surface area contributed by atoms with E-state index in [1.165, 1.54) is 0 Å². The Labute approximate surface area is 97.4 Å². The minimum atomic E-state index is -4.38. The smallest absolute Gasteiger partial charge is 0.309 e. The highest BCUT2D eigenvalue weighted by Crippen LogP contribution is 2.38. The number of hydrogen-bond donors (Lipinski definition) is 2. The third kappa shape index (κ3) is 10.5. The summed E-state index contributed by atoms with van der Waals surface area (Å²) in [6, 6.07) is 0. The number of hydrogen-bond acceptors (Lipinski definition) is 4. The van der Waals surface area contributed by atoms with Crippen LogP contribution >= 0.6 is 7.82 Å². The number of rotatable bonds is 8. The van der Waals surface area contributed by atoms with E-state index in [0.717, 1.165) is 13.1 Å². The monoisotopic (exact) mass is 254 g/mol. The van der Waals surface area contributed by atoms with E-state index in [0.29, 0.717) is 12.8 Å². The molecular formula is C9H23N2O4P. The lowest BCUT2D eigenvalue weighted by atomic mass is 10.2. The molecule has 2 N–H and O–H groups in total. The molecule has 0 radical (unpaired) electrons. The van der Waals surface area contributed by atoms with E-state index in [2.05, 4.69) is 0 Å². The van der Waals surface area contributed by atoms with Crippen LogP contribution in [-0.2, 0) is 9.09 Å². The van der Waals surface area contributed by atoms with Crippen LogP contribution in [-0.4, -0.2) is 67.0 Å². The highest BCUT2D eigenvalue weighted by atomic mass is 31.2. The maximum atomic E-state index is 10.8. The molecule has 0 aromatic rings. The van der Waals surface area contributed by atoms with Crippen molar-refractivity contribution in [2.75, 3.05) is 41.3 Å². The van der Waals surface area contributed by atoms with Gasteiger partial charge in [-0.25, -0.2) is 4.57 Å². The molecule has 0 amide bonds. The largest absolute Gasteiger partial charge is 0.469 e. The molecule has 0 aliphatic carbocycles. The van der Waals surface area contributed by atoms with Crippen LogP contribution in [0.4, 0.5) is 0 Å². The molecule has 0 fully saturated rings. The van der Waals surface area contributed by atoms with Gasteiger partial charge >= 0.3 is 7.82 Å². The van der Waals surface area contributed by atoms with Gasteiger partial charge in [0.2, 0.25) is 0 Å². The van der Waals surface area contributed by atoms with Crippen molar-refractivity contribution in [2.45, 2.75) is 18.9 Å². The van der Waals surface area contributed by atoms with E-state index in [1.54, 1.807) is 0 Å². The highest BCUT2D eigenvalue weighted by molar-refractivity contribution is 7.46. The van der Waals surface area contributed by atoms with Gasteiger partial charge in [-0.3, -0.25) is 4.52 Å². The number of nitrogens with zero attached hydrogens (tertiary/aromatic N) is 2. The third-order valence-electron chi connectivity index (χ3n) is 2.08. The Hall–Kier alpha value is 0.0300. The number of phosphoric ester groups is 1. The average Bonchev–Trinajstić information content (AvgIpc) is 2.07. The van der Waals surface area contributed by atoms with Crippen molar-refractivity contribution in [3.05, 3.63) is 0 Å². The summed E-state index contributed by atoms with van der Waals surface area (Å²) in [6.07, 6.45) is 0.836. The molecule has 0 aliphatic heterocycles. The normalized spacial score (nSPS) is 13.1. The van der Waals surface area contributed by atoms with Crippen LogP contribution in [0.3, 0.4) is 0 Å². The van der Waals surface area contributed by atoms with Crippen molar-refractivity contribution in [1.29, 1.82) is 0 Å². The maximum absolute atomic E-state index is 10.8.